The molecule has 5 heteroatoms. The number of rotatable bonds is 4. The number of carbonyl (C=O) groups is 1. The van der Waals surface area contributed by atoms with Crippen LogP contribution in [0.25, 0.3) is 0 Å². The second kappa shape index (κ2) is 5.23. The van der Waals surface area contributed by atoms with Crippen LogP contribution in [0, 0.1) is 11.6 Å². The van der Waals surface area contributed by atoms with Crippen LogP contribution < -0.4 is 5.32 Å². The number of ether oxygens (including phenoxy) is 1. The molecule has 0 fully saturated rings. The molecule has 0 saturated carbocycles. The first kappa shape index (κ1) is 13.6. The summed E-state index contributed by atoms with van der Waals surface area (Å²) in [5, 5.41) is 2.73. The lowest BCUT2D eigenvalue weighted by atomic mass is 9.92. The van der Waals surface area contributed by atoms with Crippen LogP contribution in [0.2, 0.25) is 0 Å². The minimum Gasteiger partial charge on any atom is -0.464 e. The van der Waals surface area contributed by atoms with Gasteiger partial charge in [-0.25, -0.2) is 13.6 Å². The molecule has 1 unspecified atom stereocenters. The van der Waals surface area contributed by atoms with Crippen LogP contribution in [0.5, 0.6) is 0 Å². The first-order chi connectivity index (χ1) is 7.93. The molecule has 0 bridgehead atoms. The molecule has 94 valence electrons. The third-order valence-corrected chi connectivity index (χ3v) is 2.62. The molecular formula is C12H15F2NO2. The predicted molar refractivity (Wildman–Crippen MR) is 59.4 cm³/mol. The fraction of sp³-hybridized carbons (Fsp3) is 0.417. The number of nitrogens with one attached hydrogen (secondary N) is 1. The molecule has 1 atom stereocenters. The molecular weight excluding hydrogens is 228 g/mol. The lowest BCUT2D eigenvalue weighted by molar-refractivity contribution is -0.150. The molecule has 1 aromatic carbocycles. The zero-order valence-electron chi connectivity index (χ0n) is 10.0. The van der Waals surface area contributed by atoms with Crippen molar-refractivity contribution in [2.24, 2.45) is 0 Å². The van der Waals surface area contributed by atoms with Crippen molar-refractivity contribution < 1.29 is 18.3 Å². The Bertz CT molecular complexity index is 403. The van der Waals surface area contributed by atoms with E-state index in [2.05, 4.69) is 5.32 Å². The summed E-state index contributed by atoms with van der Waals surface area (Å²) in [6.07, 6.45) is 0. The van der Waals surface area contributed by atoms with Crippen molar-refractivity contribution in [2.75, 3.05) is 13.7 Å². The molecule has 0 saturated heterocycles. The van der Waals surface area contributed by atoms with Crippen LogP contribution in [0.15, 0.2) is 18.2 Å². The van der Waals surface area contributed by atoms with Gasteiger partial charge in [0.25, 0.3) is 0 Å². The largest absolute Gasteiger partial charge is 0.464 e. The van der Waals surface area contributed by atoms with E-state index < -0.39 is 23.1 Å². The van der Waals surface area contributed by atoms with Crippen molar-refractivity contribution in [2.45, 2.75) is 19.4 Å². The zero-order chi connectivity index (χ0) is 13.1. The Kier molecular flexibility index (Phi) is 4.17. The molecule has 0 aliphatic carbocycles. The third kappa shape index (κ3) is 2.79. The molecule has 0 heterocycles. The van der Waals surface area contributed by atoms with E-state index in [1.165, 1.54) is 14.0 Å². The normalized spacial score (nSPS) is 14.2. The van der Waals surface area contributed by atoms with Crippen molar-refractivity contribution in [3.05, 3.63) is 35.4 Å². The highest BCUT2D eigenvalue weighted by molar-refractivity contribution is 5.82. The highest BCUT2D eigenvalue weighted by atomic mass is 19.1. The number of halogens is 2. The van der Waals surface area contributed by atoms with E-state index in [-0.39, 0.29) is 12.2 Å². The minimum atomic E-state index is -1.26. The monoisotopic (exact) mass is 243 g/mol. The number of hydrogen-bond donors (Lipinski definition) is 1. The lowest BCUT2D eigenvalue weighted by Crippen LogP contribution is -2.45. The lowest BCUT2D eigenvalue weighted by Gasteiger charge is -2.27. The van der Waals surface area contributed by atoms with Gasteiger partial charge >= 0.3 is 5.97 Å². The summed E-state index contributed by atoms with van der Waals surface area (Å²) in [7, 11) is 1.53. The van der Waals surface area contributed by atoms with Gasteiger partial charge in [0.05, 0.1) is 6.61 Å². The van der Waals surface area contributed by atoms with Crippen LogP contribution in [0.1, 0.15) is 19.4 Å². The minimum absolute atomic E-state index is 0.191. The van der Waals surface area contributed by atoms with Gasteiger partial charge in [0.1, 0.15) is 17.2 Å². The van der Waals surface area contributed by atoms with Crippen LogP contribution in [-0.2, 0) is 15.1 Å². The van der Waals surface area contributed by atoms with E-state index in [9.17, 15) is 13.6 Å². The van der Waals surface area contributed by atoms with Crippen molar-refractivity contribution in [3.8, 4) is 0 Å². The molecule has 1 aromatic rings. The maximum atomic E-state index is 13.1. The fourth-order valence-corrected chi connectivity index (χ4v) is 1.48. The molecule has 0 radical (unpaired) electrons. The maximum Gasteiger partial charge on any atom is 0.330 e. The van der Waals surface area contributed by atoms with Crippen molar-refractivity contribution in [1.29, 1.82) is 0 Å². The maximum absolute atomic E-state index is 13.1. The van der Waals surface area contributed by atoms with E-state index in [0.717, 1.165) is 18.2 Å². The summed E-state index contributed by atoms with van der Waals surface area (Å²) in [6.45, 7) is 3.38. The van der Waals surface area contributed by atoms with Crippen molar-refractivity contribution >= 4 is 5.97 Å². The van der Waals surface area contributed by atoms with Gasteiger partial charge in [-0.3, -0.25) is 0 Å². The average Bonchev–Trinajstić information content (AvgIpc) is 2.26. The number of likely N-dealkylation sites (N-methyl/N-ethyl adjacent to an activating group) is 1. The molecule has 1 rings (SSSR count). The summed E-state index contributed by atoms with van der Waals surface area (Å²) < 4.78 is 31.1. The smallest absolute Gasteiger partial charge is 0.330 e. The zero-order valence-corrected chi connectivity index (χ0v) is 10.0. The molecule has 0 amide bonds. The van der Waals surface area contributed by atoms with Crippen molar-refractivity contribution in [3.63, 3.8) is 0 Å². The van der Waals surface area contributed by atoms with Gasteiger partial charge in [-0.05, 0) is 38.6 Å². The van der Waals surface area contributed by atoms with Gasteiger partial charge < -0.3 is 10.1 Å². The predicted octanol–water partition coefficient (Wildman–Crippen LogP) is 1.96. The SMILES string of the molecule is CCOC(=O)C(C)(NC)c1cc(F)cc(F)c1. The van der Waals surface area contributed by atoms with E-state index in [1.807, 2.05) is 0 Å². The highest BCUT2D eigenvalue weighted by Crippen LogP contribution is 2.24. The van der Waals surface area contributed by atoms with E-state index in [0.29, 0.717) is 0 Å². The van der Waals surface area contributed by atoms with Gasteiger partial charge in [-0.2, -0.15) is 0 Å². The third-order valence-electron chi connectivity index (χ3n) is 2.62. The van der Waals surface area contributed by atoms with Crippen molar-refractivity contribution in [1.82, 2.24) is 5.32 Å². The molecule has 3 nitrogen and oxygen atoms in total. The van der Waals surface area contributed by atoms with Gasteiger partial charge in [0.2, 0.25) is 0 Å². The second-order valence-corrected chi connectivity index (χ2v) is 3.75. The van der Waals surface area contributed by atoms with Gasteiger partial charge in [-0.1, -0.05) is 0 Å². The summed E-state index contributed by atoms with van der Waals surface area (Å²) in [5.41, 5.74) is -1.07. The van der Waals surface area contributed by atoms with E-state index in [1.54, 1.807) is 6.92 Å². The summed E-state index contributed by atoms with van der Waals surface area (Å²) in [5.74, 6) is -2.04. The number of hydrogen-bond acceptors (Lipinski definition) is 3. The standard InChI is InChI=1S/C12H15F2NO2/c1-4-17-11(16)12(2,15-3)8-5-9(13)7-10(14)6-8/h5-7,15H,4H2,1-3H3. The molecule has 0 aromatic heterocycles. The summed E-state index contributed by atoms with van der Waals surface area (Å²) in [4.78, 5) is 11.8. The Morgan fingerprint density at radius 3 is 2.29 bits per heavy atom. The highest BCUT2D eigenvalue weighted by Gasteiger charge is 2.35. The van der Waals surface area contributed by atoms with Crippen LogP contribution in [0.3, 0.4) is 0 Å². The quantitative estimate of drug-likeness (QED) is 0.821. The van der Waals surface area contributed by atoms with Gasteiger partial charge in [-0.15, -0.1) is 0 Å². The number of carbonyl (C=O) groups excluding carboxylic acids is 1. The fourth-order valence-electron chi connectivity index (χ4n) is 1.48. The van der Waals surface area contributed by atoms with Crippen LogP contribution in [-0.4, -0.2) is 19.6 Å². The first-order valence-electron chi connectivity index (χ1n) is 5.26. The van der Waals surface area contributed by atoms with Gasteiger partial charge in [0.15, 0.2) is 0 Å². The van der Waals surface area contributed by atoms with E-state index in [4.69, 9.17) is 4.74 Å². The summed E-state index contributed by atoms with van der Waals surface area (Å²) in [6, 6.07) is 2.97. The first-order valence-corrected chi connectivity index (χ1v) is 5.26. The second-order valence-electron chi connectivity index (χ2n) is 3.75. The van der Waals surface area contributed by atoms with Gasteiger partial charge in [0, 0.05) is 6.07 Å². The molecule has 0 aliphatic heterocycles. The Morgan fingerprint density at radius 1 is 1.35 bits per heavy atom. The summed E-state index contributed by atoms with van der Waals surface area (Å²) >= 11 is 0. The Balaban J connectivity index is 3.19. The number of esters is 1. The van der Waals surface area contributed by atoms with Crippen LogP contribution >= 0.6 is 0 Å². The topological polar surface area (TPSA) is 38.3 Å². The molecule has 17 heavy (non-hydrogen) atoms. The Hall–Kier alpha value is -1.49. The molecule has 0 spiro atoms. The number of benzene rings is 1. The van der Waals surface area contributed by atoms with E-state index >= 15 is 0 Å². The Morgan fingerprint density at radius 2 is 1.88 bits per heavy atom. The average molecular weight is 243 g/mol. The molecule has 1 N–H and O–H groups in total. The van der Waals surface area contributed by atoms with Crippen LogP contribution in [0.4, 0.5) is 8.78 Å². The molecule has 0 aliphatic rings. The Labute approximate surface area is 98.8 Å².